The van der Waals surface area contributed by atoms with Crippen molar-refractivity contribution in [3.63, 3.8) is 0 Å². The van der Waals surface area contributed by atoms with Gasteiger partial charge in [-0.05, 0) is 61.7 Å². The molecule has 2 aromatic carbocycles. The van der Waals surface area contributed by atoms with Crippen LogP contribution in [0.25, 0.3) is 11.8 Å². The van der Waals surface area contributed by atoms with Gasteiger partial charge in [-0.3, -0.25) is 25.0 Å². The van der Waals surface area contributed by atoms with E-state index in [-0.39, 0.29) is 11.3 Å². The van der Waals surface area contributed by atoms with Crippen LogP contribution in [-0.2, 0) is 16.0 Å². The fourth-order valence-corrected chi connectivity index (χ4v) is 4.20. The molecule has 36 heavy (non-hydrogen) atoms. The highest BCUT2D eigenvalue weighted by Crippen LogP contribution is 2.32. The van der Waals surface area contributed by atoms with E-state index in [1.807, 2.05) is 30.5 Å². The van der Waals surface area contributed by atoms with Crippen molar-refractivity contribution in [1.82, 2.24) is 9.88 Å². The fourth-order valence-electron chi connectivity index (χ4n) is 4.20. The Balaban J connectivity index is 1.76. The van der Waals surface area contributed by atoms with Crippen LogP contribution >= 0.6 is 0 Å². The molecule has 4 rings (SSSR count). The zero-order valence-electron chi connectivity index (χ0n) is 20.2. The molecule has 0 spiro atoms. The Morgan fingerprint density at radius 2 is 1.75 bits per heavy atom. The Morgan fingerprint density at radius 1 is 1.06 bits per heavy atom. The van der Waals surface area contributed by atoms with Crippen LogP contribution in [0.3, 0.4) is 0 Å². The van der Waals surface area contributed by atoms with E-state index in [0.29, 0.717) is 28.4 Å². The normalized spacial score (nSPS) is 14.8. The third-order valence-electron chi connectivity index (χ3n) is 6.09. The van der Waals surface area contributed by atoms with Crippen molar-refractivity contribution in [2.24, 2.45) is 0 Å². The highest BCUT2D eigenvalue weighted by molar-refractivity contribution is 6.39. The molecule has 4 amide bonds. The summed E-state index contributed by atoms with van der Waals surface area (Å²) in [6.45, 7) is 5.61. The summed E-state index contributed by atoms with van der Waals surface area (Å²) in [5, 5.41) is 13.4. The molecular formula is C26H24N4O6. The molecule has 184 valence electrons. The number of aryl methyl sites for hydroxylation is 2. The van der Waals surface area contributed by atoms with Crippen LogP contribution in [-0.4, -0.2) is 34.4 Å². The number of nitro benzene ring substituents is 1. The van der Waals surface area contributed by atoms with Crippen molar-refractivity contribution >= 4 is 35.3 Å². The van der Waals surface area contributed by atoms with E-state index < -0.39 is 22.8 Å². The zero-order valence-corrected chi connectivity index (χ0v) is 20.2. The first kappa shape index (κ1) is 24.4. The second-order valence-corrected chi connectivity index (χ2v) is 8.25. The SMILES string of the molecule is CCc1ccc(N2C(=O)NC(=O)/C(=C\c3cc(C)n(-c4ccc([N+](=O)[O-])cc4OC)c3C)C2=O)cc1. The molecule has 1 aromatic heterocycles. The summed E-state index contributed by atoms with van der Waals surface area (Å²) < 4.78 is 7.19. The number of aromatic nitrogens is 1. The maximum Gasteiger partial charge on any atom is 0.335 e. The van der Waals surface area contributed by atoms with E-state index in [1.165, 1.54) is 25.3 Å². The van der Waals surface area contributed by atoms with Gasteiger partial charge in [0, 0.05) is 17.5 Å². The molecule has 0 unspecified atom stereocenters. The fraction of sp³-hybridized carbons (Fsp3) is 0.192. The summed E-state index contributed by atoms with van der Waals surface area (Å²) in [5.74, 6) is -1.22. The van der Waals surface area contributed by atoms with Crippen LogP contribution in [0.1, 0.15) is 29.4 Å². The number of rotatable bonds is 6. The lowest BCUT2D eigenvalue weighted by Crippen LogP contribution is -2.54. The van der Waals surface area contributed by atoms with Crippen molar-refractivity contribution < 1.29 is 24.0 Å². The number of methoxy groups -OCH3 is 1. The standard InChI is InChI=1S/C26H24N4O6/c1-5-17-6-8-19(9-7-17)29-25(32)21(24(31)27-26(29)33)13-18-12-15(2)28(16(18)3)22-11-10-20(30(34)35)14-23(22)36-4/h6-14H,5H2,1-4H3,(H,27,31,33)/b21-13+. The number of hydrogen-bond acceptors (Lipinski definition) is 6. The van der Waals surface area contributed by atoms with Crippen LogP contribution in [0.2, 0.25) is 0 Å². The number of carbonyl (C=O) groups excluding carboxylic acids is 3. The average molecular weight is 489 g/mol. The largest absolute Gasteiger partial charge is 0.494 e. The lowest BCUT2D eigenvalue weighted by atomic mass is 10.1. The molecule has 1 saturated heterocycles. The number of amides is 4. The average Bonchev–Trinajstić information content (AvgIpc) is 3.13. The van der Waals surface area contributed by atoms with E-state index >= 15 is 0 Å². The van der Waals surface area contributed by atoms with Gasteiger partial charge < -0.3 is 9.30 Å². The first-order valence-electron chi connectivity index (χ1n) is 11.2. The summed E-state index contributed by atoms with van der Waals surface area (Å²) in [4.78, 5) is 50.0. The van der Waals surface area contributed by atoms with Gasteiger partial charge in [-0.1, -0.05) is 19.1 Å². The Bertz CT molecular complexity index is 1440. The number of hydrogen-bond donors (Lipinski definition) is 1. The van der Waals surface area contributed by atoms with E-state index in [4.69, 9.17) is 4.74 Å². The van der Waals surface area contributed by atoms with E-state index in [0.717, 1.165) is 22.6 Å². The van der Waals surface area contributed by atoms with Gasteiger partial charge in [-0.25, -0.2) is 9.69 Å². The Kier molecular flexibility index (Phi) is 6.43. The first-order valence-corrected chi connectivity index (χ1v) is 11.2. The molecule has 2 heterocycles. The van der Waals surface area contributed by atoms with Crippen molar-refractivity contribution in [2.45, 2.75) is 27.2 Å². The van der Waals surface area contributed by atoms with Crippen molar-refractivity contribution in [3.8, 4) is 11.4 Å². The molecule has 0 aliphatic carbocycles. The zero-order chi connectivity index (χ0) is 26.1. The molecule has 0 radical (unpaired) electrons. The quantitative estimate of drug-likeness (QED) is 0.240. The molecule has 1 aliphatic heterocycles. The van der Waals surface area contributed by atoms with Crippen LogP contribution in [0.15, 0.2) is 54.1 Å². The van der Waals surface area contributed by atoms with Gasteiger partial charge in [0.15, 0.2) is 0 Å². The maximum absolute atomic E-state index is 13.3. The lowest BCUT2D eigenvalue weighted by molar-refractivity contribution is -0.384. The van der Waals surface area contributed by atoms with Crippen LogP contribution in [0.5, 0.6) is 5.75 Å². The second kappa shape index (κ2) is 9.49. The minimum atomic E-state index is -0.813. The molecule has 3 aromatic rings. The maximum atomic E-state index is 13.3. The Morgan fingerprint density at radius 3 is 2.36 bits per heavy atom. The third-order valence-corrected chi connectivity index (χ3v) is 6.09. The van der Waals surface area contributed by atoms with Crippen molar-refractivity contribution in [1.29, 1.82) is 0 Å². The molecule has 10 nitrogen and oxygen atoms in total. The predicted molar refractivity (Wildman–Crippen MR) is 133 cm³/mol. The highest BCUT2D eigenvalue weighted by atomic mass is 16.6. The van der Waals surface area contributed by atoms with Gasteiger partial charge in [0.2, 0.25) is 0 Å². The van der Waals surface area contributed by atoms with Gasteiger partial charge in [0.1, 0.15) is 11.3 Å². The number of carbonyl (C=O) groups is 3. The number of imide groups is 2. The number of nitrogens with zero attached hydrogens (tertiary/aromatic N) is 3. The number of nitro groups is 1. The number of nitrogens with one attached hydrogen (secondary N) is 1. The van der Waals surface area contributed by atoms with E-state index in [2.05, 4.69) is 5.32 Å². The lowest BCUT2D eigenvalue weighted by Gasteiger charge is -2.26. The van der Waals surface area contributed by atoms with Crippen LogP contribution < -0.4 is 15.0 Å². The summed E-state index contributed by atoms with van der Waals surface area (Å²) in [6, 6.07) is 12.2. The smallest absolute Gasteiger partial charge is 0.335 e. The van der Waals surface area contributed by atoms with E-state index in [1.54, 1.807) is 31.2 Å². The summed E-state index contributed by atoms with van der Waals surface area (Å²) in [5.41, 5.74) is 3.66. The molecule has 1 N–H and O–H groups in total. The molecule has 0 saturated carbocycles. The van der Waals surface area contributed by atoms with Crippen molar-refractivity contribution in [2.75, 3.05) is 12.0 Å². The highest BCUT2D eigenvalue weighted by Gasteiger charge is 2.37. The minimum absolute atomic E-state index is 0.110. The number of barbiturate groups is 1. The Hall–Kier alpha value is -4.73. The van der Waals surface area contributed by atoms with Crippen LogP contribution in [0.4, 0.5) is 16.2 Å². The Labute approximate surface area is 206 Å². The number of benzene rings is 2. The second-order valence-electron chi connectivity index (χ2n) is 8.25. The van der Waals surface area contributed by atoms with Crippen molar-refractivity contribution in [3.05, 3.63) is 86.7 Å². The van der Waals surface area contributed by atoms with Gasteiger partial charge in [-0.15, -0.1) is 0 Å². The molecule has 10 heteroatoms. The number of anilines is 1. The molecule has 1 fully saturated rings. The molecular weight excluding hydrogens is 464 g/mol. The van der Waals surface area contributed by atoms with Gasteiger partial charge in [0.05, 0.1) is 29.5 Å². The topological polar surface area (TPSA) is 124 Å². The van der Waals surface area contributed by atoms with Gasteiger partial charge in [-0.2, -0.15) is 0 Å². The summed E-state index contributed by atoms with van der Waals surface area (Å²) in [6.07, 6.45) is 2.24. The first-order chi connectivity index (χ1) is 17.2. The van der Waals surface area contributed by atoms with Gasteiger partial charge >= 0.3 is 6.03 Å². The summed E-state index contributed by atoms with van der Waals surface area (Å²) in [7, 11) is 1.42. The van der Waals surface area contributed by atoms with E-state index in [9.17, 15) is 24.5 Å². The van der Waals surface area contributed by atoms with Gasteiger partial charge in [0.25, 0.3) is 17.5 Å². The predicted octanol–water partition coefficient (Wildman–Crippen LogP) is 4.24. The number of non-ortho nitro benzene ring substituents is 1. The van der Waals surface area contributed by atoms with Crippen LogP contribution in [0, 0.1) is 24.0 Å². The monoisotopic (exact) mass is 488 g/mol. The number of ether oxygens (including phenoxy) is 1. The molecule has 0 bridgehead atoms. The minimum Gasteiger partial charge on any atom is -0.494 e. The summed E-state index contributed by atoms with van der Waals surface area (Å²) >= 11 is 0. The third kappa shape index (κ3) is 4.24. The molecule has 0 atom stereocenters. The molecule has 1 aliphatic rings. The number of urea groups is 1.